The number of ether oxygens (including phenoxy) is 1. The quantitative estimate of drug-likeness (QED) is 0.789. The molecule has 0 fully saturated rings. The number of rotatable bonds is 5. The van der Waals surface area contributed by atoms with Crippen LogP contribution in [0.3, 0.4) is 0 Å². The summed E-state index contributed by atoms with van der Waals surface area (Å²) >= 11 is 0. The molecule has 102 valence electrons. The molecule has 1 aromatic rings. The number of methoxy groups -OCH3 is 1. The van der Waals surface area contributed by atoms with Gasteiger partial charge in [-0.05, 0) is 32.0 Å². The molecule has 0 aromatic heterocycles. The van der Waals surface area contributed by atoms with Crippen LogP contribution in [-0.2, 0) is 14.8 Å². The summed E-state index contributed by atoms with van der Waals surface area (Å²) in [5.41, 5.74) is 4.56. The van der Waals surface area contributed by atoms with Gasteiger partial charge in [0.1, 0.15) is 5.82 Å². The fourth-order valence-corrected chi connectivity index (χ4v) is 2.31. The van der Waals surface area contributed by atoms with Crippen molar-refractivity contribution in [3.8, 4) is 0 Å². The maximum atomic E-state index is 13.2. The third-order valence-corrected chi connectivity index (χ3v) is 3.92. The summed E-state index contributed by atoms with van der Waals surface area (Å²) in [6.07, 6.45) is 0. The van der Waals surface area contributed by atoms with Crippen LogP contribution in [0.1, 0.15) is 13.8 Å². The van der Waals surface area contributed by atoms with Crippen LogP contribution in [-0.4, -0.2) is 27.7 Å². The monoisotopic (exact) mass is 276 g/mol. The summed E-state index contributed by atoms with van der Waals surface area (Å²) in [4.78, 5) is -0.166. The highest BCUT2D eigenvalue weighted by Crippen LogP contribution is 2.16. The summed E-state index contributed by atoms with van der Waals surface area (Å²) in [6.45, 7) is 3.55. The van der Waals surface area contributed by atoms with Gasteiger partial charge in [0.2, 0.25) is 10.0 Å². The summed E-state index contributed by atoms with van der Waals surface area (Å²) < 4.78 is 44.4. The average molecular weight is 276 g/mol. The minimum Gasteiger partial charge on any atom is -0.396 e. The summed E-state index contributed by atoms with van der Waals surface area (Å²) in [5.74, 6) is -0.760. The van der Waals surface area contributed by atoms with E-state index < -0.39 is 21.4 Å². The van der Waals surface area contributed by atoms with E-state index in [1.165, 1.54) is 19.2 Å². The Morgan fingerprint density at radius 3 is 2.56 bits per heavy atom. The van der Waals surface area contributed by atoms with E-state index in [0.717, 1.165) is 6.07 Å². The van der Waals surface area contributed by atoms with E-state index in [1.54, 1.807) is 13.8 Å². The number of nitrogen functional groups attached to an aromatic ring is 1. The van der Waals surface area contributed by atoms with Crippen LogP contribution in [0.15, 0.2) is 23.1 Å². The van der Waals surface area contributed by atoms with Gasteiger partial charge in [-0.2, -0.15) is 0 Å². The maximum Gasteiger partial charge on any atom is 0.240 e. The third-order valence-electron chi connectivity index (χ3n) is 2.52. The molecule has 0 spiro atoms. The van der Waals surface area contributed by atoms with Crippen LogP contribution in [0.4, 0.5) is 10.1 Å². The molecule has 5 nitrogen and oxygen atoms in total. The average Bonchev–Trinajstić information content (AvgIpc) is 2.30. The number of halogens is 1. The Morgan fingerprint density at radius 2 is 2.06 bits per heavy atom. The minimum atomic E-state index is -3.77. The number of benzene rings is 1. The molecule has 0 aliphatic carbocycles. The van der Waals surface area contributed by atoms with Crippen molar-refractivity contribution in [2.24, 2.45) is 0 Å². The van der Waals surface area contributed by atoms with Gasteiger partial charge in [-0.1, -0.05) is 0 Å². The zero-order chi connectivity index (χ0) is 14.0. The van der Waals surface area contributed by atoms with Crippen molar-refractivity contribution in [2.45, 2.75) is 24.3 Å². The second-order valence-electron chi connectivity index (χ2n) is 4.47. The molecule has 1 rings (SSSR count). The Hall–Kier alpha value is -1.18. The summed E-state index contributed by atoms with van der Waals surface area (Å²) in [5, 5.41) is 0. The molecule has 0 unspecified atom stereocenters. The van der Waals surface area contributed by atoms with E-state index in [0.29, 0.717) is 0 Å². The van der Waals surface area contributed by atoms with E-state index in [2.05, 4.69) is 4.72 Å². The van der Waals surface area contributed by atoms with Gasteiger partial charge in [0.05, 0.1) is 16.2 Å². The van der Waals surface area contributed by atoms with E-state index in [1.807, 2.05) is 0 Å². The van der Waals surface area contributed by atoms with Crippen LogP contribution < -0.4 is 10.5 Å². The van der Waals surface area contributed by atoms with Crippen LogP contribution >= 0.6 is 0 Å². The van der Waals surface area contributed by atoms with Gasteiger partial charge >= 0.3 is 0 Å². The van der Waals surface area contributed by atoms with Crippen LogP contribution in [0.2, 0.25) is 0 Å². The Kier molecular flexibility index (Phi) is 4.31. The van der Waals surface area contributed by atoms with E-state index >= 15 is 0 Å². The number of anilines is 1. The molecule has 3 N–H and O–H groups in total. The topological polar surface area (TPSA) is 81.4 Å². The molecule has 0 heterocycles. The SMILES string of the molecule is COC(C)(C)CNS(=O)(=O)c1ccc(N)c(F)c1. The Bertz CT molecular complexity index is 529. The predicted octanol–water partition coefficient (Wildman–Crippen LogP) is 1.11. The third kappa shape index (κ3) is 3.66. The number of nitrogens with one attached hydrogen (secondary N) is 1. The molecule has 0 atom stereocenters. The lowest BCUT2D eigenvalue weighted by atomic mass is 10.1. The molecule has 7 heteroatoms. The molecule has 0 saturated heterocycles. The van der Waals surface area contributed by atoms with E-state index in [-0.39, 0.29) is 17.1 Å². The fourth-order valence-electron chi connectivity index (χ4n) is 1.10. The van der Waals surface area contributed by atoms with Crippen molar-refractivity contribution in [2.75, 3.05) is 19.4 Å². The standard InChI is InChI=1S/C11H17FN2O3S/c1-11(2,17-3)7-14-18(15,16)8-4-5-10(13)9(12)6-8/h4-6,14H,7,13H2,1-3H3. The summed E-state index contributed by atoms with van der Waals surface area (Å²) in [6, 6.07) is 3.35. The molecule has 0 saturated carbocycles. The van der Waals surface area contributed by atoms with Crippen LogP contribution in [0, 0.1) is 5.82 Å². The Balaban J connectivity index is 2.90. The predicted molar refractivity (Wildman–Crippen MR) is 67.1 cm³/mol. The van der Waals surface area contributed by atoms with Gasteiger partial charge in [0.25, 0.3) is 0 Å². The molecular formula is C11H17FN2O3S. The van der Waals surface area contributed by atoms with Crippen molar-refractivity contribution in [3.63, 3.8) is 0 Å². The largest absolute Gasteiger partial charge is 0.396 e. The van der Waals surface area contributed by atoms with Gasteiger partial charge in [-0.3, -0.25) is 0 Å². The zero-order valence-corrected chi connectivity index (χ0v) is 11.3. The number of nitrogens with two attached hydrogens (primary N) is 1. The Labute approximate surface area is 106 Å². The Morgan fingerprint density at radius 1 is 1.44 bits per heavy atom. The van der Waals surface area contributed by atoms with Crippen LogP contribution in [0.25, 0.3) is 0 Å². The lowest BCUT2D eigenvalue weighted by Crippen LogP contribution is -2.39. The van der Waals surface area contributed by atoms with Crippen LogP contribution in [0.5, 0.6) is 0 Å². The second-order valence-corrected chi connectivity index (χ2v) is 6.24. The highest BCUT2D eigenvalue weighted by molar-refractivity contribution is 7.89. The first-order chi connectivity index (χ1) is 8.18. The molecule has 0 amide bonds. The fraction of sp³-hybridized carbons (Fsp3) is 0.455. The first kappa shape index (κ1) is 14.9. The normalized spacial score (nSPS) is 12.7. The lowest BCUT2D eigenvalue weighted by Gasteiger charge is -2.23. The first-order valence-electron chi connectivity index (χ1n) is 5.28. The molecule has 0 bridgehead atoms. The smallest absolute Gasteiger partial charge is 0.240 e. The molecule has 0 radical (unpaired) electrons. The van der Waals surface area contributed by atoms with Crippen molar-refractivity contribution >= 4 is 15.7 Å². The molecule has 18 heavy (non-hydrogen) atoms. The van der Waals surface area contributed by atoms with Gasteiger partial charge in [0.15, 0.2) is 0 Å². The zero-order valence-electron chi connectivity index (χ0n) is 10.5. The van der Waals surface area contributed by atoms with Gasteiger partial charge in [-0.15, -0.1) is 0 Å². The second kappa shape index (κ2) is 5.21. The molecule has 0 aliphatic rings. The molecule has 0 aliphatic heterocycles. The van der Waals surface area contributed by atoms with E-state index in [9.17, 15) is 12.8 Å². The van der Waals surface area contributed by atoms with Gasteiger partial charge in [-0.25, -0.2) is 17.5 Å². The van der Waals surface area contributed by atoms with Gasteiger partial charge < -0.3 is 10.5 Å². The molecular weight excluding hydrogens is 259 g/mol. The number of hydrogen-bond acceptors (Lipinski definition) is 4. The summed E-state index contributed by atoms with van der Waals surface area (Å²) in [7, 11) is -2.29. The number of hydrogen-bond donors (Lipinski definition) is 2. The van der Waals surface area contributed by atoms with Gasteiger partial charge in [0, 0.05) is 13.7 Å². The first-order valence-corrected chi connectivity index (χ1v) is 6.76. The van der Waals surface area contributed by atoms with Crippen molar-refractivity contribution in [1.29, 1.82) is 0 Å². The maximum absolute atomic E-state index is 13.2. The highest BCUT2D eigenvalue weighted by atomic mass is 32.2. The van der Waals surface area contributed by atoms with Crippen molar-refractivity contribution < 1.29 is 17.5 Å². The van der Waals surface area contributed by atoms with Crippen molar-refractivity contribution in [3.05, 3.63) is 24.0 Å². The van der Waals surface area contributed by atoms with Crippen molar-refractivity contribution in [1.82, 2.24) is 4.72 Å². The highest BCUT2D eigenvalue weighted by Gasteiger charge is 2.22. The molecule has 1 aromatic carbocycles. The minimum absolute atomic E-state index is 0.0812. The number of sulfonamides is 1. The lowest BCUT2D eigenvalue weighted by molar-refractivity contribution is 0.0276. The van der Waals surface area contributed by atoms with E-state index in [4.69, 9.17) is 10.5 Å².